The minimum absolute atomic E-state index is 0.330. The summed E-state index contributed by atoms with van der Waals surface area (Å²) in [5.41, 5.74) is 1.31. The second kappa shape index (κ2) is 7.76. The Balaban J connectivity index is 1.49. The third-order valence-electron chi connectivity index (χ3n) is 6.54. The summed E-state index contributed by atoms with van der Waals surface area (Å²) in [6.07, 6.45) is 6.36. The van der Waals surface area contributed by atoms with Crippen molar-refractivity contribution in [3.8, 4) is 0 Å². The highest BCUT2D eigenvalue weighted by Gasteiger charge is 2.41. The fourth-order valence-electron chi connectivity index (χ4n) is 4.72. The molecule has 6 nitrogen and oxygen atoms in total. The van der Waals surface area contributed by atoms with E-state index in [2.05, 4.69) is 63.6 Å². The normalized spacial score (nSPS) is 25.9. The fourth-order valence-corrected chi connectivity index (χ4v) is 5.47. The topological polar surface area (TPSA) is 55.2 Å². The number of ether oxygens (including phenoxy) is 1. The minimum Gasteiger partial charge on any atom is -0.361 e. The Hall–Kier alpha value is -1.44. The van der Waals surface area contributed by atoms with E-state index in [4.69, 9.17) is 4.74 Å². The molecule has 2 aromatic rings. The van der Waals surface area contributed by atoms with Crippen LogP contribution in [0.3, 0.4) is 0 Å². The second-order valence-corrected chi connectivity index (χ2v) is 15.7. The molecule has 2 unspecified atom stereocenters. The van der Waals surface area contributed by atoms with Gasteiger partial charge in [0.1, 0.15) is 24.5 Å². The SMILES string of the molecule is CC12CNCCC1CCN(c1ncnc3c1ccn3COCC[Si](C)(C)C)C2. The van der Waals surface area contributed by atoms with Gasteiger partial charge in [0.25, 0.3) is 0 Å². The van der Waals surface area contributed by atoms with E-state index in [-0.39, 0.29) is 0 Å². The van der Waals surface area contributed by atoms with E-state index in [0.717, 1.165) is 49.0 Å². The summed E-state index contributed by atoms with van der Waals surface area (Å²) in [5, 5.41) is 4.74. The quantitative estimate of drug-likeness (QED) is 0.592. The van der Waals surface area contributed by atoms with Crippen molar-refractivity contribution in [2.24, 2.45) is 11.3 Å². The molecule has 1 N–H and O–H groups in total. The number of piperidine rings is 2. The summed E-state index contributed by atoms with van der Waals surface area (Å²) in [6.45, 7) is 15.4. The first-order chi connectivity index (χ1) is 13.4. The lowest BCUT2D eigenvalue weighted by Crippen LogP contribution is -2.55. The lowest BCUT2D eigenvalue weighted by molar-refractivity contribution is 0.0898. The number of fused-ring (bicyclic) bond motifs is 2. The van der Waals surface area contributed by atoms with Crippen LogP contribution in [-0.4, -0.2) is 55.4 Å². The van der Waals surface area contributed by atoms with Crippen LogP contribution in [0.25, 0.3) is 11.0 Å². The molecule has 28 heavy (non-hydrogen) atoms. The summed E-state index contributed by atoms with van der Waals surface area (Å²) in [7, 11) is -1.06. The Morgan fingerprint density at radius 3 is 2.96 bits per heavy atom. The molecule has 0 bridgehead atoms. The molecule has 2 saturated heterocycles. The first-order valence-corrected chi connectivity index (χ1v) is 14.4. The van der Waals surface area contributed by atoms with Crippen LogP contribution in [0.5, 0.6) is 0 Å². The van der Waals surface area contributed by atoms with Crippen molar-refractivity contribution >= 4 is 24.9 Å². The lowest BCUT2D eigenvalue weighted by Gasteiger charge is -2.49. The second-order valence-electron chi connectivity index (χ2n) is 10.1. The van der Waals surface area contributed by atoms with Gasteiger partial charge < -0.3 is 19.5 Å². The zero-order valence-electron chi connectivity index (χ0n) is 17.9. The molecule has 4 heterocycles. The van der Waals surface area contributed by atoms with Crippen LogP contribution in [0.1, 0.15) is 19.8 Å². The smallest absolute Gasteiger partial charge is 0.147 e. The molecule has 2 aliphatic heterocycles. The highest BCUT2D eigenvalue weighted by molar-refractivity contribution is 6.76. The monoisotopic (exact) mass is 401 g/mol. The average molecular weight is 402 g/mol. The van der Waals surface area contributed by atoms with Crippen LogP contribution in [0.15, 0.2) is 18.6 Å². The van der Waals surface area contributed by atoms with Crippen molar-refractivity contribution in [1.29, 1.82) is 0 Å². The van der Waals surface area contributed by atoms with Crippen molar-refractivity contribution in [2.75, 3.05) is 37.7 Å². The van der Waals surface area contributed by atoms with E-state index in [0.29, 0.717) is 12.1 Å². The van der Waals surface area contributed by atoms with Gasteiger partial charge in [0.15, 0.2) is 0 Å². The highest BCUT2D eigenvalue weighted by atomic mass is 28.3. The van der Waals surface area contributed by atoms with Crippen LogP contribution in [0.4, 0.5) is 5.82 Å². The molecule has 154 valence electrons. The zero-order chi connectivity index (χ0) is 19.8. The van der Waals surface area contributed by atoms with E-state index < -0.39 is 8.07 Å². The molecule has 0 spiro atoms. The Bertz CT molecular complexity index is 817. The predicted octanol–water partition coefficient (Wildman–Crippen LogP) is 3.57. The first-order valence-electron chi connectivity index (χ1n) is 10.7. The molecule has 2 fully saturated rings. The molecule has 0 amide bonds. The molecule has 2 atom stereocenters. The summed E-state index contributed by atoms with van der Waals surface area (Å²) in [5.74, 6) is 1.91. The number of nitrogens with zero attached hydrogens (tertiary/aromatic N) is 4. The number of aromatic nitrogens is 3. The van der Waals surface area contributed by atoms with Crippen LogP contribution < -0.4 is 10.2 Å². The van der Waals surface area contributed by atoms with Crippen molar-refractivity contribution in [3.05, 3.63) is 18.6 Å². The molecule has 2 aromatic heterocycles. The number of anilines is 1. The number of hydrogen-bond acceptors (Lipinski definition) is 5. The maximum atomic E-state index is 5.95. The lowest BCUT2D eigenvalue weighted by atomic mass is 9.69. The maximum absolute atomic E-state index is 5.95. The van der Waals surface area contributed by atoms with Gasteiger partial charge in [-0.1, -0.05) is 26.6 Å². The molecule has 0 saturated carbocycles. The van der Waals surface area contributed by atoms with Gasteiger partial charge in [-0.05, 0) is 37.4 Å². The van der Waals surface area contributed by atoms with E-state index >= 15 is 0 Å². The predicted molar refractivity (Wildman–Crippen MR) is 118 cm³/mol. The van der Waals surface area contributed by atoms with E-state index in [1.807, 2.05) is 0 Å². The van der Waals surface area contributed by atoms with Gasteiger partial charge in [-0.15, -0.1) is 0 Å². The van der Waals surface area contributed by atoms with Gasteiger partial charge in [0.05, 0.1) is 5.39 Å². The van der Waals surface area contributed by atoms with Gasteiger partial charge in [0, 0.05) is 45.9 Å². The van der Waals surface area contributed by atoms with Crippen LogP contribution >= 0.6 is 0 Å². The van der Waals surface area contributed by atoms with Crippen LogP contribution in [0.2, 0.25) is 25.7 Å². The molecule has 0 aliphatic carbocycles. The molecule has 0 radical (unpaired) electrons. The molecule has 4 rings (SSSR count). The summed E-state index contributed by atoms with van der Waals surface area (Å²) < 4.78 is 8.06. The van der Waals surface area contributed by atoms with Crippen molar-refractivity contribution in [1.82, 2.24) is 19.9 Å². The molecule has 7 heteroatoms. The van der Waals surface area contributed by atoms with Gasteiger partial charge >= 0.3 is 0 Å². The third-order valence-corrected chi connectivity index (χ3v) is 8.25. The van der Waals surface area contributed by atoms with Gasteiger partial charge in [-0.2, -0.15) is 0 Å². The van der Waals surface area contributed by atoms with Gasteiger partial charge in [-0.3, -0.25) is 0 Å². The Morgan fingerprint density at radius 2 is 2.14 bits per heavy atom. The van der Waals surface area contributed by atoms with Gasteiger partial charge in [0.2, 0.25) is 0 Å². The third kappa shape index (κ3) is 4.11. The van der Waals surface area contributed by atoms with Crippen molar-refractivity contribution < 1.29 is 4.74 Å². The Kier molecular flexibility index (Phi) is 5.50. The van der Waals surface area contributed by atoms with Crippen molar-refractivity contribution in [2.45, 2.75) is 52.2 Å². The van der Waals surface area contributed by atoms with E-state index in [9.17, 15) is 0 Å². The highest BCUT2D eigenvalue weighted by Crippen LogP contribution is 2.41. The molecule has 2 aliphatic rings. The summed E-state index contributed by atoms with van der Waals surface area (Å²) in [6, 6.07) is 3.34. The summed E-state index contributed by atoms with van der Waals surface area (Å²) >= 11 is 0. The van der Waals surface area contributed by atoms with E-state index in [1.54, 1.807) is 6.33 Å². The van der Waals surface area contributed by atoms with Gasteiger partial charge in [-0.25, -0.2) is 9.97 Å². The fraction of sp³-hybridized carbons (Fsp3) is 0.714. The van der Waals surface area contributed by atoms with E-state index in [1.165, 1.54) is 25.4 Å². The van der Waals surface area contributed by atoms with Crippen molar-refractivity contribution in [3.63, 3.8) is 0 Å². The van der Waals surface area contributed by atoms with Crippen LogP contribution in [0, 0.1) is 11.3 Å². The van der Waals surface area contributed by atoms with Crippen LogP contribution in [-0.2, 0) is 11.5 Å². The summed E-state index contributed by atoms with van der Waals surface area (Å²) in [4.78, 5) is 11.7. The number of rotatable bonds is 6. The molecular formula is C21H35N5OSi. The Morgan fingerprint density at radius 1 is 1.29 bits per heavy atom. The Labute approximate surface area is 169 Å². The maximum Gasteiger partial charge on any atom is 0.147 e. The molecule has 0 aromatic carbocycles. The first kappa shape index (κ1) is 19.9. The number of nitrogens with one attached hydrogen (secondary N) is 1. The average Bonchev–Trinajstić information content (AvgIpc) is 3.06. The number of hydrogen-bond donors (Lipinski definition) is 1. The largest absolute Gasteiger partial charge is 0.361 e. The molecular weight excluding hydrogens is 366 g/mol. The minimum atomic E-state index is -1.06. The standard InChI is InChI=1S/C21H35N5OSi/c1-21-13-22-8-5-17(21)6-9-25(14-21)19-18-7-10-26(20(18)24-15-23-19)16-27-11-12-28(2,3)4/h7,10,15,17,22H,5-6,8-9,11-14,16H2,1-4H3. The zero-order valence-corrected chi connectivity index (χ0v) is 18.9.